The normalized spacial score (nSPS) is 23.1. The average molecular weight is 315 g/mol. The fourth-order valence-electron chi connectivity index (χ4n) is 3.37. The van der Waals surface area contributed by atoms with Crippen LogP contribution in [0, 0.1) is 5.82 Å². The number of carbonyl (C=O) groups is 1. The lowest BCUT2D eigenvalue weighted by atomic mass is 10.1. The lowest BCUT2D eigenvalue weighted by molar-refractivity contribution is 0.153. The summed E-state index contributed by atoms with van der Waals surface area (Å²) < 4.78 is 19.5. The molecule has 5 nitrogen and oxygen atoms in total. The van der Waals surface area contributed by atoms with Crippen molar-refractivity contribution in [2.24, 2.45) is 0 Å². The molecule has 2 atom stereocenters. The van der Waals surface area contributed by atoms with E-state index in [1.54, 1.807) is 30.5 Å². The summed E-state index contributed by atoms with van der Waals surface area (Å²) >= 11 is 0. The Morgan fingerprint density at radius 2 is 2.17 bits per heavy atom. The van der Waals surface area contributed by atoms with E-state index in [0.29, 0.717) is 17.9 Å². The molecular formula is C17H18FN3O2. The molecule has 0 saturated carbocycles. The smallest absolute Gasteiger partial charge is 0.322 e. The molecule has 2 saturated heterocycles. The minimum Gasteiger partial charge on any atom is -0.464 e. The summed E-state index contributed by atoms with van der Waals surface area (Å²) in [4.78, 5) is 16.6. The van der Waals surface area contributed by atoms with Crippen LogP contribution in [0.2, 0.25) is 0 Å². The first-order valence-corrected chi connectivity index (χ1v) is 7.84. The van der Waals surface area contributed by atoms with E-state index in [4.69, 9.17) is 4.42 Å². The van der Waals surface area contributed by atoms with Crippen molar-refractivity contribution in [2.75, 3.05) is 31.5 Å². The number of furan rings is 1. The number of anilines is 1. The van der Waals surface area contributed by atoms with Gasteiger partial charge in [-0.25, -0.2) is 9.18 Å². The fraction of sp³-hybridized carbons (Fsp3) is 0.353. The lowest BCUT2D eigenvalue weighted by Crippen LogP contribution is -2.51. The molecule has 0 radical (unpaired) electrons. The zero-order valence-corrected chi connectivity index (χ0v) is 12.7. The Kier molecular flexibility index (Phi) is 3.53. The van der Waals surface area contributed by atoms with E-state index in [9.17, 15) is 9.18 Å². The van der Waals surface area contributed by atoms with Gasteiger partial charge in [-0.3, -0.25) is 4.90 Å². The Morgan fingerprint density at radius 1 is 1.26 bits per heavy atom. The molecular weight excluding hydrogens is 297 g/mol. The highest BCUT2D eigenvalue weighted by molar-refractivity contribution is 5.90. The van der Waals surface area contributed by atoms with Gasteiger partial charge >= 0.3 is 6.03 Å². The first-order valence-electron chi connectivity index (χ1n) is 7.84. The van der Waals surface area contributed by atoms with E-state index in [2.05, 4.69) is 10.2 Å². The van der Waals surface area contributed by atoms with Crippen molar-refractivity contribution in [1.29, 1.82) is 0 Å². The Balaban J connectivity index is 1.49. The second-order valence-electron chi connectivity index (χ2n) is 6.04. The third kappa shape index (κ3) is 2.70. The highest BCUT2D eigenvalue weighted by atomic mass is 19.1. The third-order valence-electron chi connectivity index (χ3n) is 4.62. The third-order valence-corrected chi connectivity index (χ3v) is 4.62. The number of nitrogens with one attached hydrogen (secondary N) is 1. The van der Waals surface area contributed by atoms with Crippen LogP contribution in [-0.4, -0.2) is 48.1 Å². The summed E-state index contributed by atoms with van der Waals surface area (Å²) in [7, 11) is 0. The van der Waals surface area contributed by atoms with Gasteiger partial charge in [0.05, 0.1) is 12.0 Å². The molecule has 120 valence electrons. The van der Waals surface area contributed by atoms with Crippen LogP contribution in [0.3, 0.4) is 0 Å². The predicted octanol–water partition coefficient (Wildman–Crippen LogP) is 3.01. The van der Waals surface area contributed by atoms with Crippen molar-refractivity contribution < 1.29 is 13.6 Å². The maximum atomic E-state index is 14.3. The molecule has 0 aliphatic carbocycles. The van der Waals surface area contributed by atoms with E-state index >= 15 is 0 Å². The average Bonchev–Trinajstić information content (AvgIpc) is 3.20. The molecule has 23 heavy (non-hydrogen) atoms. The number of hydrogen-bond donors (Lipinski definition) is 1. The number of hydrogen-bond acceptors (Lipinski definition) is 3. The van der Waals surface area contributed by atoms with Gasteiger partial charge in [0, 0.05) is 37.8 Å². The number of fused-ring (bicyclic) bond motifs is 2. The van der Waals surface area contributed by atoms with Crippen molar-refractivity contribution in [3.63, 3.8) is 0 Å². The topological polar surface area (TPSA) is 48.7 Å². The van der Waals surface area contributed by atoms with E-state index < -0.39 is 5.82 Å². The van der Waals surface area contributed by atoms with Crippen molar-refractivity contribution >= 4 is 11.7 Å². The van der Waals surface area contributed by atoms with Crippen LogP contribution < -0.4 is 5.32 Å². The molecule has 2 aromatic rings. The SMILES string of the molecule is O=C(Nc1ccc(-c2ccco2)cc1F)N1CCN2CCC1C2. The summed E-state index contributed by atoms with van der Waals surface area (Å²) in [5.41, 5.74) is 0.848. The van der Waals surface area contributed by atoms with E-state index in [1.165, 1.54) is 6.07 Å². The van der Waals surface area contributed by atoms with Gasteiger partial charge in [0.1, 0.15) is 11.6 Å². The monoisotopic (exact) mass is 315 g/mol. The molecule has 2 aliphatic heterocycles. The van der Waals surface area contributed by atoms with Crippen LogP contribution in [-0.2, 0) is 0 Å². The summed E-state index contributed by atoms with van der Waals surface area (Å²) in [6, 6.07) is 8.25. The van der Waals surface area contributed by atoms with Gasteiger partial charge < -0.3 is 14.6 Å². The van der Waals surface area contributed by atoms with Gasteiger partial charge in [0.15, 0.2) is 0 Å². The summed E-state index contributed by atoms with van der Waals surface area (Å²) in [6.07, 6.45) is 2.54. The quantitative estimate of drug-likeness (QED) is 0.927. The zero-order valence-electron chi connectivity index (χ0n) is 12.7. The molecule has 4 rings (SSSR count). The van der Waals surface area contributed by atoms with Crippen LogP contribution in [0.25, 0.3) is 11.3 Å². The molecule has 1 aromatic carbocycles. The maximum absolute atomic E-state index is 14.3. The number of amides is 2. The Hall–Kier alpha value is -2.34. The second-order valence-corrected chi connectivity index (χ2v) is 6.04. The Morgan fingerprint density at radius 3 is 2.96 bits per heavy atom. The zero-order chi connectivity index (χ0) is 15.8. The largest absolute Gasteiger partial charge is 0.464 e. The number of nitrogens with zero attached hydrogens (tertiary/aromatic N) is 2. The van der Waals surface area contributed by atoms with E-state index in [1.807, 2.05) is 4.90 Å². The number of piperazine rings is 1. The highest BCUT2D eigenvalue weighted by Crippen LogP contribution is 2.26. The molecule has 2 unspecified atom stereocenters. The molecule has 2 aliphatic rings. The van der Waals surface area contributed by atoms with Gasteiger partial charge in [0.25, 0.3) is 0 Å². The number of carbonyl (C=O) groups excluding carboxylic acids is 1. The second kappa shape index (κ2) is 5.70. The molecule has 2 amide bonds. The first kappa shape index (κ1) is 14.3. The lowest BCUT2D eigenvalue weighted by Gasteiger charge is -2.34. The fourth-order valence-corrected chi connectivity index (χ4v) is 3.37. The molecule has 3 heterocycles. The first-order chi connectivity index (χ1) is 11.2. The summed E-state index contributed by atoms with van der Waals surface area (Å²) in [5.74, 6) is 0.140. The van der Waals surface area contributed by atoms with Crippen LogP contribution in [0.5, 0.6) is 0 Å². The maximum Gasteiger partial charge on any atom is 0.322 e. The van der Waals surface area contributed by atoms with Crippen LogP contribution in [0.15, 0.2) is 41.0 Å². The number of rotatable bonds is 2. The molecule has 1 N–H and O–H groups in total. The minimum atomic E-state index is -0.461. The Bertz CT molecular complexity index is 717. The Labute approximate surface area is 133 Å². The minimum absolute atomic E-state index is 0.200. The number of benzene rings is 1. The molecule has 0 spiro atoms. The highest BCUT2D eigenvalue weighted by Gasteiger charge is 2.35. The van der Waals surface area contributed by atoms with Gasteiger partial charge in [0.2, 0.25) is 0 Å². The standard InChI is InChI=1S/C17H18FN3O2/c18-14-10-12(16-2-1-9-23-16)3-4-15(14)19-17(22)21-8-7-20-6-5-13(21)11-20/h1-4,9-10,13H,5-8,11H2,(H,19,22). The predicted molar refractivity (Wildman–Crippen MR) is 84.7 cm³/mol. The van der Waals surface area contributed by atoms with E-state index in [0.717, 1.165) is 26.1 Å². The van der Waals surface area contributed by atoms with Crippen molar-refractivity contribution in [2.45, 2.75) is 12.5 Å². The molecule has 2 fully saturated rings. The van der Waals surface area contributed by atoms with Crippen LogP contribution in [0.4, 0.5) is 14.9 Å². The molecule has 6 heteroatoms. The molecule has 2 bridgehead atoms. The van der Waals surface area contributed by atoms with Crippen LogP contribution >= 0.6 is 0 Å². The van der Waals surface area contributed by atoms with Gasteiger partial charge in [-0.1, -0.05) is 0 Å². The van der Waals surface area contributed by atoms with Gasteiger partial charge in [-0.15, -0.1) is 0 Å². The summed E-state index contributed by atoms with van der Waals surface area (Å²) in [5, 5.41) is 2.70. The van der Waals surface area contributed by atoms with Crippen molar-refractivity contribution in [1.82, 2.24) is 9.80 Å². The molecule has 1 aromatic heterocycles. The van der Waals surface area contributed by atoms with E-state index in [-0.39, 0.29) is 17.8 Å². The van der Waals surface area contributed by atoms with Gasteiger partial charge in [-0.05, 0) is 36.8 Å². The number of halogens is 1. The van der Waals surface area contributed by atoms with Gasteiger partial charge in [-0.2, -0.15) is 0 Å². The number of urea groups is 1. The van der Waals surface area contributed by atoms with Crippen LogP contribution in [0.1, 0.15) is 6.42 Å². The van der Waals surface area contributed by atoms with Crippen molar-refractivity contribution in [3.05, 3.63) is 42.4 Å². The summed E-state index contributed by atoms with van der Waals surface area (Å²) in [6.45, 7) is 3.56. The van der Waals surface area contributed by atoms with Crippen molar-refractivity contribution in [3.8, 4) is 11.3 Å².